The zero-order valence-corrected chi connectivity index (χ0v) is 14.3. The van der Waals surface area contributed by atoms with Crippen LogP contribution >= 0.6 is 11.3 Å². The fraction of sp³-hybridized carbons (Fsp3) is 0.158. The number of thiazole rings is 1. The lowest BCUT2D eigenvalue weighted by molar-refractivity contribution is -0.123. The van der Waals surface area contributed by atoms with Crippen molar-refractivity contribution in [1.29, 1.82) is 0 Å². The van der Waals surface area contributed by atoms with Gasteiger partial charge in [-0.25, -0.2) is 9.37 Å². The predicted molar refractivity (Wildman–Crippen MR) is 96.2 cm³/mol. The SMILES string of the molecule is O=C(COc1ccc(F)cc1)NCCc1csc(-c2ccccc2)n1. The summed E-state index contributed by atoms with van der Waals surface area (Å²) >= 11 is 1.59. The number of aromatic nitrogens is 1. The van der Waals surface area contributed by atoms with E-state index in [0.717, 1.165) is 16.3 Å². The number of benzene rings is 2. The van der Waals surface area contributed by atoms with Crippen LogP contribution in [0.2, 0.25) is 0 Å². The first-order valence-electron chi connectivity index (χ1n) is 7.85. The minimum absolute atomic E-state index is 0.0992. The molecule has 0 saturated carbocycles. The Kier molecular flexibility index (Phi) is 5.74. The number of halogens is 1. The zero-order chi connectivity index (χ0) is 17.5. The van der Waals surface area contributed by atoms with Gasteiger partial charge < -0.3 is 10.1 Å². The molecule has 0 radical (unpaired) electrons. The molecule has 25 heavy (non-hydrogen) atoms. The first kappa shape index (κ1) is 17.1. The number of amides is 1. The van der Waals surface area contributed by atoms with Gasteiger partial charge in [-0.05, 0) is 24.3 Å². The van der Waals surface area contributed by atoms with Crippen LogP contribution in [-0.2, 0) is 11.2 Å². The van der Waals surface area contributed by atoms with Crippen molar-refractivity contribution in [2.24, 2.45) is 0 Å². The number of nitrogens with one attached hydrogen (secondary N) is 1. The van der Waals surface area contributed by atoms with Gasteiger partial charge >= 0.3 is 0 Å². The summed E-state index contributed by atoms with van der Waals surface area (Å²) in [4.78, 5) is 16.4. The van der Waals surface area contributed by atoms with E-state index in [0.29, 0.717) is 18.7 Å². The molecule has 2 aromatic carbocycles. The van der Waals surface area contributed by atoms with E-state index in [1.807, 2.05) is 35.7 Å². The van der Waals surface area contributed by atoms with Crippen molar-refractivity contribution in [1.82, 2.24) is 10.3 Å². The molecule has 1 amide bonds. The van der Waals surface area contributed by atoms with Gasteiger partial charge in [-0.3, -0.25) is 4.79 Å². The highest BCUT2D eigenvalue weighted by atomic mass is 32.1. The van der Waals surface area contributed by atoms with E-state index in [2.05, 4.69) is 10.3 Å². The summed E-state index contributed by atoms with van der Waals surface area (Å²) in [5.74, 6) is -0.0960. The molecule has 0 saturated heterocycles. The monoisotopic (exact) mass is 356 g/mol. The Morgan fingerprint density at radius 2 is 1.88 bits per heavy atom. The highest BCUT2D eigenvalue weighted by molar-refractivity contribution is 7.13. The molecule has 0 fully saturated rings. The summed E-state index contributed by atoms with van der Waals surface area (Å²) < 4.78 is 18.1. The summed E-state index contributed by atoms with van der Waals surface area (Å²) in [5, 5.41) is 5.77. The lowest BCUT2D eigenvalue weighted by atomic mass is 10.2. The smallest absolute Gasteiger partial charge is 0.257 e. The maximum Gasteiger partial charge on any atom is 0.257 e. The summed E-state index contributed by atoms with van der Waals surface area (Å²) in [6, 6.07) is 15.6. The van der Waals surface area contributed by atoms with E-state index < -0.39 is 0 Å². The molecule has 4 nitrogen and oxygen atoms in total. The number of nitrogens with zero attached hydrogens (tertiary/aromatic N) is 1. The number of carbonyl (C=O) groups excluding carboxylic acids is 1. The fourth-order valence-corrected chi connectivity index (χ4v) is 3.06. The minimum atomic E-state index is -0.338. The largest absolute Gasteiger partial charge is 0.484 e. The van der Waals surface area contributed by atoms with Crippen LogP contribution in [0.25, 0.3) is 10.6 Å². The summed E-state index contributed by atoms with van der Waals surface area (Å²) in [6.07, 6.45) is 0.658. The lowest BCUT2D eigenvalue weighted by Crippen LogP contribution is -2.30. The van der Waals surface area contributed by atoms with Crippen molar-refractivity contribution in [3.8, 4) is 16.3 Å². The molecular weight excluding hydrogens is 339 g/mol. The molecule has 0 bridgehead atoms. The molecule has 0 aliphatic rings. The lowest BCUT2D eigenvalue weighted by Gasteiger charge is -2.06. The third kappa shape index (κ3) is 5.12. The summed E-state index contributed by atoms with van der Waals surface area (Å²) in [7, 11) is 0. The van der Waals surface area contributed by atoms with Gasteiger partial charge in [-0.15, -0.1) is 11.3 Å². The van der Waals surface area contributed by atoms with E-state index >= 15 is 0 Å². The molecule has 1 N–H and O–H groups in total. The van der Waals surface area contributed by atoms with E-state index in [9.17, 15) is 9.18 Å². The normalized spacial score (nSPS) is 10.4. The van der Waals surface area contributed by atoms with Gasteiger partial charge in [-0.1, -0.05) is 30.3 Å². The van der Waals surface area contributed by atoms with E-state index in [4.69, 9.17) is 4.74 Å². The van der Waals surface area contributed by atoms with Crippen LogP contribution in [0.4, 0.5) is 4.39 Å². The van der Waals surface area contributed by atoms with Gasteiger partial charge in [0, 0.05) is 23.9 Å². The average Bonchev–Trinajstić information content (AvgIpc) is 3.11. The maximum absolute atomic E-state index is 12.8. The molecular formula is C19H17FN2O2S. The van der Waals surface area contributed by atoms with Crippen LogP contribution in [0.15, 0.2) is 60.0 Å². The van der Waals surface area contributed by atoms with Crippen LogP contribution in [0.3, 0.4) is 0 Å². The van der Waals surface area contributed by atoms with E-state index in [1.54, 1.807) is 11.3 Å². The second-order valence-corrected chi connectivity index (χ2v) is 6.21. The Hall–Kier alpha value is -2.73. The van der Waals surface area contributed by atoms with Gasteiger partial charge in [0.15, 0.2) is 6.61 Å². The third-order valence-corrected chi connectivity index (χ3v) is 4.40. The van der Waals surface area contributed by atoms with Crippen LogP contribution in [-0.4, -0.2) is 24.0 Å². The number of ether oxygens (including phenoxy) is 1. The van der Waals surface area contributed by atoms with Crippen LogP contribution in [0.5, 0.6) is 5.75 Å². The van der Waals surface area contributed by atoms with Crippen molar-refractivity contribution >= 4 is 17.2 Å². The molecule has 0 spiro atoms. The quantitative estimate of drug-likeness (QED) is 0.702. The molecule has 128 valence electrons. The van der Waals surface area contributed by atoms with Gasteiger partial charge in [0.25, 0.3) is 5.91 Å². The average molecular weight is 356 g/mol. The Bertz CT molecular complexity index is 819. The molecule has 1 aromatic heterocycles. The number of hydrogen-bond donors (Lipinski definition) is 1. The molecule has 0 aliphatic carbocycles. The second-order valence-electron chi connectivity index (χ2n) is 5.35. The Labute approximate surface area is 149 Å². The van der Waals surface area contributed by atoms with Crippen molar-refractivity contribution < 1.29 is 13.9 Å². The molecule has 0 atom stereocenters. The summed E-state index contributed by atoms with van der Waals surface area (Å²) in [6.45, 7) is 0.390. The van der Waals surface area contributed by atoms with Crippen LogP contribution in [0, 0.1) is 5.82 Å². The number of rotatable bonds is 7. The van der Waals surface area contributed by atoms with Gasteiger partial charge in [-0.2, -0.15) is 0 Å². The molecule has 0 aliphatic heterocycles. The maximum atomic E-state index is 12.8. The van der Waals surface area contributed by atoms with E-state index in [1.165, 1.54) is 24.3 Å². The first-order chi connectivity index (χ1) is 12.2. The zero-order valence-electron chi connectivity index (χ0n) is 13.4. The van der Waals surface area contributed by atoms with Crippen molar-refractivity contribution in [2.45, 2.75) is 6.42 Å². The number of hydrogen-bond acceptors (Lipinski definition) is 4. The Balaban J connectivity index is 1.41. The Morgan fingerprint density at radius 3 is 2.64 bits per heavy atom. The third-order valence-electron chi connectivity index (χ3n) is 3.46. The first-order valence-corrected chi connectivity index (χ1v) is 8.73. The van der Waals surface area contributed by atoms with Crippen molar-refractivity contribution in [2.75, 3.05) is 13.2 Å². The fourth-order valence-electron chi connectivity index (χ4n) is 2.20. The molecule has 0 unspecified atom stereocenters. The Morgan fingerprint density at radius 1 is 1.12 bits per heavy atom. The van der Waals surface area contributed by atoms with Gasteiger partial charge in [0.2, 0.25) is 0 Å². The van der Waals surface area contributed by atoms with Gasteiger partial charge in [0.05, 0.1) is 5.69 Å². The predicted octanol–water partition coefficient (Wildman–Crippen LogP) is 3.69. The van der Waals surface area contributed by atoms with Crippen molar-refractivity contribution in [3.05, 3.63) is 71.5 Å². The van der Waals surface area contributed by atoms with Crippen molar-refractivity contribution in [3.63, 3.8) is 0 Å². The highest BCUT2D eigenvalue weighted by Gasteiger charge is 2.06. The van der Waals surface area contributed by atoms with Crippen LogP contribution in [0.1, 0.15) is 5.69 Å². The van der Waals surface area contributed by atoms with E-state index in [-0.39, 0.29) is 18.3 Å². The number of carbonyl (C=O) groups is 1. The van der Waals surface area contributed by atoms with Gasteiger partial charge in [0.1, 0.15) is 16.6 Å². The van der Waals surface area contributed by atoms with Crippen LogP contribution < -0.4 is 10.1 Å². The standard InChI is InChI=1S/C19H17FN2O2S/c20-15-6-8-17(9-7-15)24-12-18(23)21-11-10-16-13-25-19(22-16)14-4-2-1-3-5-14/h1-9,13H,10-12H2,(H,21,23). The molecule has 3 rings (SSSR count). The highest BCUT2D eigenvalue weighted by Crippen LogP contribution is 2.23. The summed E-state index contributed by atoms with van der Waals surface area (Å²) in [5.41, 5.74) is 2.04. The molecule has 3 aromatic rings. The second kappa shape index (κ2) is 8.39. The minimum Gasteiger partial charge on any atom is -0.484 e. The molecule has 1 heterocycles. The topological polar surface area (TPSA) is 51.2 Å². The molecule has 6 heteroatoms.